The first kappa shape index (κ1) is 19.9. The van der Waals surface area contributed by atoms with Gasteiger partial charge in [-0.1, -0.05) is 0 Å². The number of carbonyl (C=O) groups excluding carboxylic acids is 2. The predicted octanol–water partition coefficient (Wildman–Crippen LogP) is 2.56. The average molecular weight is 402 g/mol. The Kier molecular flexibility index (Phi) is 5.82. The Bertz CT molecular complexity index is 959. The van der Waals surface area contributed by atoms with Gasteiger partial charge in [-0.3, -0.25) is 14.9 Å². The molecule has 0 bridgehead atoms. The molecule has 1 amide bonds. The molecular weight excluding hydrogens is 384 g/mol. The standard InChI is InChI=1S/C19H18N2O8/c1-11(18(22)20-13-4-6-16-17(10-13)28-8-7-27-16)29-15-5-3-12(19(23)26-2)9-14(15)21(24)25/h3-6,9-11H,7-8H2,1-2H3,(H,20,22)/t11-/m0/s1. The second-order valence-corrected chi connectivity index (χ2v) is 6.04. The fourth-order valence-electron chi connectivity index (χ4n) is 2.61. The van der Waals surface area contributed by atoms with E-state index in [1.54, 1.807) is 18.2 Å². The lowest BCUT2D eigenvalue weighted by molar-refractivity contribution is -0.386. The summed E-state index contributed by atoms with van der Waals surface area (Å²) >= 11 is 0. The van der Waals surface area contributed by atoms with Gasteiger partial charge in [0.25, 0.3) is 5.91 Å². The van der Waals surface area contributed by atoms with E-state index in [9.17, 15) is 19.7 Å². The summed E-state index contributed by atoms with van der Waals surface area (Å²) in [5.74, 6) is -0.291. The quantitative estimate of drug-likeness (QED) is 0.444. The Morgan fingerprint density at radius 3 is 2.55 bits per heavy atom. The van der Waals surface area contributed by atoms with Gasteiger partial charge in [-0.05, 0) is 31.2 Å². The number of fused-ring (bicyclic) bond motifs is 1. The number of carbonyl (C=O) groups is 2. The van der Waals surface area contributed by atoms with E-state index in [1.807, 2.05) is 0 Å². The molecule has 2 aromatic carbocycles. The van der Waals surface area contributed by atoms with Crippen molar-refractivity contribution in [2.24, 2.45) is 0 Å². The highest BCUT2D eigenvalue weighted by atomic mass is 16.6. The first-order chi connectivity index (χ1) is 13.9. The van der Waals surface area contributed by atoms with Crippen LogP contribution < -0.4 is 19.5 Å². The third-order valence-electron chi connectivity index (χ3n) is 4.06. The molecular formula is C19H18N2O8. The van der Waals surface area contributed by atoms with Gasteiger partial charge in [-0.25, -0.2) is 4.79 Å². The first-order valence-corrected chi connectivity index (χ1v) is 8.63. The van der Waals surface area contributed by atoms with Gasteiger partial charge < -0.3 is 24.3 Å². The number of esters is 1. The highest BCUT2D eigenvalue weighted by molar-refractivity contribution is 5.94. The summed E-state index contributed by atoms with van der Waals surface area (Å²) in [7, 11) is 1.17. The third-order valence-corrected chi connectivity index (χ3v) is 4.06. The first-order valence-electron chi connectivity index (χ1n) is 8.63. The van der Waals surface area contributed by atoms with E-state index in [1.165, 1.54) is 26.2 Å². The molecule has 0 unspecified atom stereocenters. The van der Waals surface area contributed by atoms with Crippen LogP contribution >= 0.6 is 0 Å². The fraction of sp³-hybridized carbons (Fsp3) is 0.263. The molecule has 152 valence electrons. The molecule has 10 nitrogen and oxygen atoms in total. The van der Waals surface area contributed by atoms with Gasteiger partial charge in [0, 0.05) is 17.8 Å². The Morgan fingerprint density at radius 1 is 1.14 bits per heavy atom. The molecule has 1 aliphatic heterocycles. The number of hydrogen-bond acceptors (Lipinski definition) is 8. The van der Waals surface area contributed by atoms with Gasteiger partial charge in [-0.2, -0.15) is 0 Å². The molecule has 1 atom stereocenters. The zero-order valence-corrected chi connectivity index (χ0v) is 15.7. The second-order valence-electron chi connectivity index (χ2n) is 6.04. The van der Waals surface area contributed by atoms with Gasteiger partial charge in [0.15, 0.2) is 23.4 Å². The van der Waals surface area contributed by atoms with E-state index < -0.39 is 28.6 Å². The number of nitro groups is 1. The van der Waals surface area contributed by atoms with E-state index in [2.05, 4.69) is 10.1 Å². The van der Waals surface area contributed by atoms with E-state index in [-0.39, 0.29) is 11.3 Å². The van der Waals surface area contributed by atoms with Crippen molar-refractivity contribution in [1.82, 2.24) is 0 Å². The summed E-state index contributed by atoms with van der Waals surface area (Å²) in [4.78, 5) is 34.6. The number of nitro benzene ring substituents is 1. The number of nitrogens with one attached hydrogen (secondary N) is 1. The molecule has 0 spiro atoms. The minimum atomic E-state index is -1.05. The summed E-state index contributed by atoms with van der Waals surface area (Å²) in [6.07, 6.45) is -1.05. The van der Waals surface area contributed by atoms with Gasteiger partial charge in [0.05, 0.1) is 17.6 Å². The molecule has 0 aliphatic carbocycles. The molecule has 0 fully saturated rings. The summed E-state index contributed by atoms with van der Waals surface area (Å²) in [5, 5.41) is 14.0. The van der Waals surface area contributed by atoms with E-state index >= 15 is 0 Å². The number of anilines is 1. The van der Waals surface area contributed by atoms with Crippen LogP contribution in [0, 0.1) is 10.1 Å². The molecule has 3 rings (SSSR count). The van der Waals surface area contributed by atoms with Crippen LogP contribution in [0.5, 0.6) is 17.2 Å². The SMILES string of the molecule is COC(=O)c1ccc(O[C@@H](C)C(=O)Nc2ccc3c(c2)OCCO3)c([N+](=O)[O-])c1. The largest absolute Gasteiger partial charge is 0.486 e. The van der Waals surface area contributed by atoms with Crippen LogP contribution in [0.2, 0.25) is 0 Å². The van der Waals surface area contributed by atoms with Crippen LogP contribution in [0.25, 0.3) is 0 Å². The maximum atomic E-state index is 12.4. The highest BCUT2D eigenvalue weighted by Gasteiger charge is 2.24. The summed E-state index contributed by atoms with van der Waals surface area (Å²) in [6, 6.07) is 8.54. The normalized spacial score (nSPS) is 13.2. The summed E-state index contributed by atoms with van der Waals surface area (Å²) in [6.45, 7) is 2.32. The molecule has 0 saturated carbocycles. The van der Waals surface area contributed by atoms with Crippen molar-refractivity contribution in [2.75, 3.05) is 25.6 Å². The molecule has 1 heterocycles. The Labute approximate surface area is 165 Å². The van der Waals surface area contributed by atoms with Crippen molar-refractivity contribution in [2.45, 2.75) is 13.0 Å². The van der Waals surface area contributed by atoms with Crippen LogP contribution in [0.4, 0.5) is 11.4 Å². The average Bonchev–Trinajstić information content (AvgIpc) is 2.73. The van der Waals surface area contributed by atoms with E-state index in [4.69, 9.17) is 14.2 Å². The Balaban J connectivity index is 1.72. The second kappa shape index (κ2) is 8.46. The molecule has 1 N–H and O–H groups in total. The molecule has 29 heavy (non-hydrogen) atoms. The maximum absolute atomic E-state index is 12.4. The molecule has 0 saturated heterocycles. The van der Waals surface area contributed by atoms with Gasteiger partial charge >= 0.3 is 11.7 Å². The highest BCUT2D eigenvalue weighted by Crippen LogP contribution is 2.33. The van der Waals surface area contributed by atoms with E-state index in [0.29, 0.717) is 30.4 Å². The zero-order chi connectivity index (χ0) is 21.0. The summed E-state index contributed by atoms with van der Waals surface area (Å²) < 4.78 is 20.9. The molecule has 1 aliphatic rings. The predicted molar refractivity (Wildman–Crippen MR) is 101 cm³/mol. The fourth-order valence-corrected chi connectivity index (χ4v) is 2.61. The van der Waals surface area contributed by atoms with Crippen molar-refractivity contribution in [3.8, 4) is 17.2 Å². The van der Waals surface area contributed by atoms with E-state index in [0.717, 1.165) is 6.07 Å². The molecule has 0 radical (unpaired) electrons. The molecule has 0 aromatic heterocycles. The van der Waals surface area contributed by atoms with Crippen molar-refractivity contribution >= 4 is 23.3 Å². The zero-order valence-electron chi connectivity index (χ0n) is 15.7. The van der Waals surface area contributed by atoms with Crippen LogP contribution in [0.1, 0.15) is 17.3 Å². The van der Waals surface area contributed by atoms with Crippen molar-refractivity contribution in [3.63, 3.8) is 0 Å². The minimum absolute atomic E-state index is 0.0000622. The monoisotopic (exact) mass is 402 g/mol. The van der Waals surface area contributed by atoms with Crippen molar-refractivity contribution in [1.29, 1.82) is 0 Å². The van der Waals surface area contributed by atoms with Gasteiger partial charge in [0.1, 0.15) is 13.2 Å². The van der Waals surface area contributed by atoms with Crippen LogP contribution in [0.3, 0.4) is 0 Å². The maximum Gasteiger partial charge on any atom is 0.338 e. The molecule has 2 aromatic rings. The third kappa shape index (κ3) is 4.54. The lowest BCUT2D eigenvalue weighted by Crippen LogP contribution is -2.30. The van der Waals surface area contributed by atoms with Crippen LogP contribution in [-0.2, 0) is 9.53 Å². The molecule has 10 heteroatoms. The lowest BCUT2D eigenvalue weighted by atomic mass is 10.2. The van der Waals surface area contributed by atoms with Crippen molar-refractivity contribution < 1.29 is 33.5 Å². The number of nitrogens with zero attached hydrogens (tertiary/aromatic N) is 1. The topological polar surface area (TPSA) is 126 Å². The van der Waals surface area contributed by atoms with Crippen molar-refractivity contribution in [3.05, 3.63) is 52.1 Å². The number of amides is 1. The number of benzene rings is 2. The number of hydrogen-bond donors (Lipinski definition) is 1. The Morgan fingerprint density at radius 2 is 1.86 bits per heavy atom. The van der Waals surface area contributed by atoms with Crippen LogP contribution in [0.15, 0.2) is 36.4 Å². The van der Waals surface area contributed by atoms with Crippen LogP contribution in [-0.4, -0.2) is 43.2 Å². The Hall–Kier alpha value is -3.82. The van der Waals surface area contributed by atoms with Gasteiger partial charge in [-0.15, -0.1) is 0 Å². The van der Waals surface area contributed by atoms with Gasteiger partial charge in [0.2, 0.25) is 0 Å². The minimum Gasteiger partial charge on any atom is -0.486 e. The lowest BCUT2D eigenvalue weighted by Gasteiger charge is -2.19. The summed E-state index contributed by atoms with van der Waals surface area (Å²) in [5.41, 5.74) is 0.0112. The number of rotatable bonds is 6. The number of methoxy groups -OCH3 is 1. The smallest absolute Gasteiger partial charge is 0.338 e. The number of ether oxygens (including phenoxy) is 4.